The Kier molecular flexibility index (Phi) is 5.23. The highest BCUT2D eigenvalue weighted by atomic mass is 32.2. The Morgan fingerprint density at radius 2 is 1.52 bits per heavy atom. The number of nitrogens with zero attached hydrogens (tertiary/aromatic N) is 2. The highest BCUT2D eigenvalue weighted by molar-refractivity contribution is 7.92. The van der Waals surface area contributed by atoms with Crippen LogP contribution in [0.5, 0.6) is 0 Å². The van der Waals surface area contributed by atoms with E-state index in [0.717, 1.165) is 5.56 Å². The van der Waals surface area contributed by atoms with Crippen molar-refractivity contribution in [1.82, 2.24) is 4.98 Å². The minimum atomic E-state index is -3.66. The number of nitrogens with one attached hydrogen (secondary N) is 1. The first-order valence-corrected chi connectivity index (χ1v) is 9.69. The molecule has 0 aliphatic carbocycles. The Balaban J connectivity index is 1.78. The lowest BCUT2D eigenvalue weighted by Gasteiger charge is -2.20. The summed E-state index contributed by atoms with van der Waals surface area (Å²) in [6.45, 7) is 1.90. The molecule has 0 saturated heterocycles. The van der Waals surface area contributed by atoms with Crippen LogP contribution in [0.1, 0.15) is 15.9 Å². The lowest BCUT2D eigenvalue weighted by molar-refractivity contribution is 0.102. The molecule has 7 heteroatoms. The number of benzene rings is 2. The molecule has 138 valence electrons. The molecule has 0 aliphatic rings. The Morgan fingerprint density at radius 3 is 2.11 bits per heavy atom. The van der Waals surface area contributed by atoms with E-state index >= 15 is 0 Å². The number of carbonyl (C=O) groups is 1. The third-order valence-corrected chi connectivity index (χ3v) is 5.91. The van der Waals surface area contributed by atoms with Crippen molar-refractivity contribution < 1.29 is 13.2 Å². The van der Waals surface area contributed by atoms with Crippen molar-refractivity contribution in [2.75, 3.05) is 16.7 Å². The van der Waals surface area contributed by atoms with Crippen LogP contribution >= 0.6 is 0 Å². The van der Waals surface area contributed by atoms with Gasteiger partial charge in [0.1, 0.15) is 0 Å². The van der Waals surface area contributed by atoms with E-state index in [0.29, 0.717) is 16.9 Å². The van der Waals surface area contributed by atoms with E-state index in [1.54, 1.807) is 73.1 Å². The van der Waals surface area contributed by atoms with Crippen LogP contribution in [0.2, 0.25) is 0 Å². The Bertz CT molecular complexity index is 1030. The number of pyridine rings is 1. The summed E-state index contributed by atoms with van der Waals surface area (Å²) in [5, 5.41) is 2.76. The van der Waals surface area contributed by atoms with E-state index in [9.17, 15) is 13.2 Å². The predicted octanol–water partition coefficient (Wildman–Crippen LogP) is 3.47. The van der Waals surface area contributed by atoms with Crippen molar-refractivity contribution in [1.29, 1.82) is 0 Å². The van der Waals surface area contributed by atoms with Gasteiger partial charge in [-0.05, 0) is 55.5 Å². The summed E-state index contributed by atoms with van der Waals surface area (Å²) in [6.07, 6.45) is 3.17. The Hall–Kier alpha value is -3.19. The van der Waals surface area contributed by atoms with Gasteiger partial charge in [0.2, 0.25) is 0 Å². The predicted molar refractivity (Wildman–Crippen MR) is 105 cm³/mol. The van der Waals surface area contributed by atoms with E-state index in [2.05, 4.69) is 10.3 Å². The fourth-order valence-corrected chi connectivity index (χ4v) is 3.66. The number of aromatic nitrogens is 1. The number of anilines is 2. The topological polar surface area (TPSA) is 79.4 Å². The second-order valence-corrected chi connectivity index (χ2v) is 7.99. The number of hydrogen-bond donors (Lipinski definition) is 1. The van der Waals surface area contributed by atoms with Crippen LogP contribution in [0.25, 0.3) is 0 Å². The SMILES string of the molecule is Cc1ccc(S(=O)(=O)N(C)c2ccc(C(=O)Nc3ccncc3)cc2)cc1. The van der Waals surface area contributed by atoms with E-state index in [4.69, 9.17) is 0 Å². The van der Waals surface area contributed by atoms with Gasteiger partial charge >= 0.3 is 0 Å². The first-order valence-electron chi connectivity index (χ1n) is 8.25. The van der Waals surface area contributed by atoms with Crippen molar-refractivity contribution in [3.8, 4) is 0 Å². The normalized spacial score (nSPS) is 11.0. The van der Waals surface area contributed by atoms with Crippen molar-refractivity contribution in [2.45, 2.75) is 11.8 Å². The third-order valence-electron chi connectivity index (χ3n) is 4.11. The Labute approximate surface area is 158 Å². The number of rotatable bonds is 5. The minimum absolute atomic E-state index is 0.218. The largest absolute Gasteiger partial charge is 0.322 e. The van der Waals surface area contributed by atoms with Gasteiger partial charge in [-0.3, -0.25) is 14.1 Å². The van der Waals surface area contributed by atoms with Gasteiger partial charge in [-0.15, -0.1) is 0 Å². The lowest BCUT2D eigenvalue weighted by Crippen LogP contribution is -2.26. The summed E-state index contributed by atoms with van der Waals surface area (Å²) in [7, 11) is -2.18. The number of carbonyl (C=O) groups excluding carboxylic acids is 1. The molecule has 0 bridgehead atoms. The van der Waals surface area contributed by atoms with Gasteiger partial charge in [-0.1, -0.05) is 17.7 Å². The highest BCUT2D eigenvalue weighted by Gasteiger charge is 2.21. The molecule has 0 saturated carbocycles. The van der Waals surface area contributed by atoms with E-state index in [1.165, 1.54) is 11.4 Å². The molecule has 27 heavy (non-hydrogen) atoms. The smallest absolute Gasteiger partial charge is 0.264 e. The van der Waals surface area contributed by atoms with Crippen molar-refractivity contribution in [2.24, 2.45) is 0 Å². The third kappa shape index (κ3) is 4.15. The van der Waals surface area contributed by atoms with Crippen LogP contribution in [-0.4, -0.2) is 26.4 Å². The molecule has 0 radical (unpaired) electrons. The van der Waals surface area contributed by atoms with Crippen LogP contribution in [0.15, 0.2) is 78.0 Å². The molecule has 0 fully saturated rings. The average Bonchev–Trinajstić information content (AvgIpc) is 2.68. The zero-order valence-electron chi connectivity index (χ0n) is 15.0. The average molecular weight is 381 g/mol. The number of aryl methyl sites for hydroxylation is 1. The zero-order valence-corrected chi connectivity index (χ0v) is 15.8. The molecule has 1 amide bonds. The van der Waals surface area contributed by atoms with Crippen LogP contribution in [0, 0.1) is 6.92 Å². The first-order chi connectivity index (χ1) is 12.9. The fourth-order valence-electron chi connectivity index (χ4n) is 2.47. The summed E-state index contributed by atoms with van der Waals surface area (Å²) in [5.41, 5.74) is 2.52. The monoisotopic (exact) mass is 381 g/mol. The molecule has 0 unspecified atom stereocenters. The van der Waals surface area contributed by atoms with Gasteiger partial charge in [0, 0.05) is 30.7 Å². The van der Waals surface area contributed by atoms with Crippen molar-refractivity contribution in [3.05, 3.63) is 84.2 Å². The highest BCUT2D eigenvalue weighted by Crippen LogP contribution is 2.23. The standard InChI is InChI=1S/C20H19N3O3S/c1-15-3-9-19(10-4-15)27(25,26)23(2)18-7-5-16(6-8-18)20(24)22-17-11-13-21-14-12-17/h3-14H,1-2H3,(H,21,22,24). The minimum Gasteiger partial charge on any atom is -0.322 e. The molecule has 1 heterocycles. The summed E-state index contributed by atoms with van der Waals surface area (Å²) in [4.78, 5) is 16.4. The molecule has 3 aromatic rings. The molecule has 1 aromatic heterocycles. The molecule has 0 aliphatic heterocycles. The molecular weight excluding hydrogens is 362 g/mol. The lowest BCUT2D eigenvalue weighted by atomic mass is 10.2. The second-order valence-electron chi connectivity index (χ2n) is 6.02. The first kappa shape index (κ1) is 18.6. The van der Waals surface area contributed by atoms with Gasteiger partial charge in [0.05, 0.1) is 10.6 Å². The molecule has 1 N–H and O–H groups in total. The quantitative estimate of drug-likeness (QED) is 0.734. The number of sulfonamides is 1. The van der Waals surface area contributed by atoms with E-state index in [1.807, 2.05) is 6.92 Å². The summed E-state index contributed by atoms with van der Waals surface area (Å²) >= 11 is 0. The molecule has 2 aromatic carbocycles. The van der Waals surface area contributed by atoms with Crippen LogP contribution in [-0.2, 0) is 10.0 Å². The molecular formula is C20H19N3O3S. The zero-order chi connectivity index (χ0) is 19.4. The molecule has 0 atom stereocenters. The maximum atomic E-state index is 12.7. The maximum Gasteiger partial charge on any atom is 0.264 e. The van der Waals surface area contributed by atoms with Crippen LogP contribution in [0.3, 0.4) is 0 Å². The van der Waals surface area contributed by atoms with E-state index < -0.39 is 10.0 Å². The number of amides is 1. The number of hydrogen-bond acceptors (Lipinski definition) is 4. The van der Waals surface area contributed by atoms with E-state index in [-0.39, 0.29) is 10.8 Å². The molecule has 6 nitrogen and oxygen atoms in total. The van der Waals surface area contributed by atoms with Gasteiger partial charge in [-0.25, -0.2) is 8.42 Å². The van der Waals surface area contributed by atoms with Gasteiger partial charge in [0.15, 0.2) is 0 Å². The van der Waals surface area contributed by atoms with Gasteiger partial charge in [0.25, 0.3) is 15.9 Å². The van der Waals surface area contributed by atoms with Crippen LogP contribution in [0.4, 0.5) is 11.4 Å². The summed E-state index contributed by atoms with van der Waals surface area (Å²) in [6, 6.07) is 16.4. The molecule has 3 rings (SSSR count). The second kappa shape index (κ2) is 7.59. The van der Waals surface area contributed by atoms with Crippen molar-refractivity contribution >= 4 is 27.3 Å². The summed E-state index contributed by atoms with van der Waals surface area (Å²) < 4.78 is 26.7. The van der Waals surface area contributed by atoms with Gasteiger partial charge < -0.3 is 5.32 Å². The molecule has 0 spiro atoms. The van der Waals surface area contributed by atoms with Crippen LogP contribution < -0.4 is 9.62 Å². The van der Waals surface area contributed by atoms with Gasteiger partial charge in [-0.2, -0.15) is 0 Å². The fraction of sp³-hybridized carbons (Fsp3) is 0.100. The summed E-state index contributed by atoms with van der Waals surface area (Å²) in [5.74, 6) is -0.281. The maximum absolute atomic E-state index is 12.7. The Morgan fingerprint density at radius 1 is 0.926 bits per heavy atom. The van der Waals surface area contributed by atoms with Crippen molar-refractivity contribution in [3.63, 3.8) is 0 Å².